The molecule has 0 unspecified atom stereocenters. The van der Waals surface area contributed by atoms with E-state index in [0.717, 1.165) is 16.8 Å². The third-order valence-electron chi connectivity index (χ3n) is 3.29. The molecule has 21 heavy (non-hydrogen) atoms. The number of rotatable bonds is 3. The average Bonchev–Trinajstić information content (AvgIpc) is 2.41. The van der Waals surface area contributed by atoms with Gasteiger partial charge < -0.3 is 5.32 Å². The molecule has 0 saturated heterocycles. The van der Waals surface area contributed by atoms with E-state index in [1.165, 1.54) is 0 Å². The summed E-state index contributed by atoms with van der Waals surface area (Å²) in [7, 11) is 0. The Kier molecular flexibility index (Phi) is 4.69. The van der Waals surface area contributed by atoms with Gasteiger partial charge in [-0.2, -0.15) is 0 Å². The van der Waals surface area contributed by atoms with Crippen molar-refractivity contribution in [2.45, 2.75) is 32.6 Å². The van der Waals surface area contributed by atoms with Crippen LogP contribution >= 0.6 is 11.6 Å². The van der Waals surface area contributed by atoms with Crippen LogP contribution in [0.4, 0.5) is 5.69 Å². The molecule has 110 valence electrons. The molecule has 0 atom stereocenters. The molecule has 2 aromatic rings. The van der Waals surface area contributed by atoms with Gasteiger partial charge in [0.1, 0.15) is 0 Å². The summed E-state index contributed by atoms with van der Waals surface area (Å²) in [4.78, 5) is 12.2. The van der Waals surface area contributed by atoms with Crippen molar-refractivity contribution in [1.29, 1.82) is 0 Å². The summed E-state index contributed by atoms with van der Waals surface area (Å²) >= 11 is 5.85. The molecule has 0 aliphatic rings. The number of benzene rings is 2. The zero-order valence-electron chi connectivity index (χ0n) is 12.6. The largest absolute Gasteiger partial charge is 0.326 e. The number of amides is 1. The van der Waals surface area contributed by atoms with Crippen molar-refractivity contribution in [3.05, 3.63) is 64.7 Å². The maximum absolute atomic E-state index is 12.2. The topological polar surface area (TPSA) is 29.1 Å². The van der Waals surface area contributed by atoms with Crippen molar-refractivity contribution >= 4 is 23.2 Å². The minimum Gasteiger partial charge on any atom is -0.326 e. The van der Waals surface area contributed by atoms with Crippen LogP contribution in [-0.2, 0) is 16.6 Å². The highest BCUT2D eigenvalue weighted by Crippen LogP contribution is 2.29. The van der Waals surface area contributed by atoms with Gasteiger partial charge in [-0.1, -0.05) is 62.7 Å². The molecule has 2 rings (SSSR count). The second-order valence-electron chi connectivity index (χ2n) is 6.15. The molecular weight excluding hydrogens is 282 g/mol. The summed E-state index contributed by atoms with van der Waals surface area (Å²) in [6, 6.07) is 15.3. The van der Waals surface area contributed by atoms with Gasteiger partial charge in [-0.3, -0.25) is 4.79 Å². The second kappa shape index (κ2) is 6.31. The molecule has 0 aromatic heterocycles. The van der Waals surface area contributed by atoms with Gasteiger partial charge in [0.25, 0.3) is 0 Å². The first kappa shape index (κ1) is 15.6. The maximum atomic E-state index is 12.2. The van der Waals surface area contributed by atoms with E-state index in [4.69, 9.17) is 11.6 Å². The molecule has 2 aromatic carbocycles. The average molecular weight is 302 g/mol. The fourth-order valence-corrected chi connectivity index (χ4v) is 2.35. The molecule has 0 radical (unpaired) electrons. The lowest BCUT2D eigenvalue weighted by Crippen LogP contribution is -2.19. The highest BCUT2D eigenvalue weighted by Gasteiger charge is 2.18. The summed E-state index contributed by atoms with van der Waals surface area (Å²) < 4.78 is 0. The summed E-state index contributed by atoms with van der Waals surface area (Å²) in [6.45, 7) is 6.41. The van der Waals surface area contributed by atoms with Crippen LogP contribution in [-0.4, -0.2) is 5.91 Å². The smallest absolute Gasteiger partial charge is 0.228 e. The van der Waals surface area contributed by atoms with Crippen molar-refractivity contribution in [2.75, 3.05) is 5.32 Å². The van der Waals surface area contributed by atoms with Crippen LogP contribution in [0.2, 0.25) is 5.02 Å². The van der Waals surface area contributed by atoms with Crippen LogP contribution in [0.15, 0.2) is 48.5 Å². The molecular formula is C18H20ClNO. The lowest BCUT2D eigenvalue weighted by atomic mass is 9.86. The van der Waals surface area contributed by atoms with Crippen LogP contribution in [0.25, 0.3) is 0 Å². The predicted octanol–water partition coefficient (Wildman–Crippen LogP) is 4.82. The van der Waals surface area contributed by atoms with E-state index in [1.54, 1.807) is 12.1 Å². The molecule has 3 heteroatoms. The number of hydrogen-bond acceptors (Lipinski definition) is 1. The van der Waals surface area contributed by atoms with Gasteiger partial charge in [0.2, 0.25) is 5.91 Å². The quantitative estimate of drug-likeness (QED) is 0.865. The highest BCUT2D eigenvalue weighted by molar-refractivity contribution is 6.30. The summed E-state index contributed by atoms with van der Waals surface area (Å²) in [5, 5.41) is 3.69. The SMILES string of the molecule is CC(C)(C)c1ccccc1NC(=O)Cc1ccc(Cl)cc1. The Morgan fingerprint density at radius 3 is 2.29 bits per heavy atom. The molecule has 0 fully saturated rings. The van der Waals surface area contributed by atoms with Crippen LogP contribution < -0.4 is 5.32 Å². The van der Waals surface area contributed by atoms with E-state index < -0.39 is 0 Å². The number of para-hydroxylation sites is 1. The van der Waals surface area contributed by atoms with Gasteiger partial charge in [0.05, 0.1) is 6.42 Å². The van der Waals surface area contributed by atoms with Crippen molar-refractivity contribution in [2.24, 2.45) is 0 Å². The number of anilines is 1. The highest BCUT2D eigenvalue weighted by atomic mass is 35.5. The van der Waals surface area contributed by atoms with E-state index in [9.17, 15) is 4.79 Å². The fourth-order valence-electron chi connectivity index (χ4n) is 2.23. The van der Waals surface area contributed by atoms with Crippen molar-refractivity contribution < 1.29 is 4.79 Å². The van der Waals surface area contributed by atoms with Crippen LogP contribution in [0, 0.1) is 0 Å². The van der Waals surface area contributed by atoms with E-state index in [0.29, 0.717) is 11.4 Å². The van der Waals surface area contributed by atoms with Gasteiger partial charge in [-0.25, -0.2) is 0 Å². The Morgan fingerprint density at radius 2 is 1.67 bits per heavy atom. The predicted molar refractivity (Wildman–Crippen MR) is 88.9 cm³/mol. The Morgan fingerprint density at radius 1 is 1.05 bits per heavy atom. The molecule has 0 saturated carbocycles. The first-order chi connectivity index (χ1) is 9.86. The van der Waals surface area contributed by atoms with Gasteiger partial charge in [0, 0.05) is 10.7 Å². The maximum Gasteiger partial charge on any atom is 0.228 e. The minimum atomic E-state index is -0.0194. The molecule has 1 amide bonds. The summed E-state index contributed by atoms with van der Waals surface area (Å²) in [5.41, 5.74) is 2.95. The van der Waals surface area contributed by atoms with E-state index in [1.807, 2.05) is 30.3 Å². The molecule has 1 N–H and O–H groups in total. The standard InChI is InChI=1S/C18H20ClNO/c1-18(2,3)15-6-4-5-7-16(15)20-17(21)12-13-8-10-14(19)11-9-13/h4-11H,12H2,1-3H3,(H,20,21). The van der Waals surface area contributed by atoms with E-state index in [2.05, 4.69) is 32.2 Å². The lowest BCUT2D eigenvalue weighted by molar-refractivity contribution is -0.115. The van der Waals surface area contributed by atoms with Gasteiger partial charge in [-0.05, 0) is 34.7 Å². The zero-order chi connectivity index (χ0) is 15.5. The first-order valence-corrected chi connectivity index (χ1v) is 7.38. The van der Waals surface area contributed by atoms with Crippen molar-refractivity contribution in [3.8, 4) is 0 Å². The van der Waals surface area contributed by atoms with E-state index >= 15 is 0 Å². The molecule has 0 spiro atoms. The normalized spacial score (nSPS) is 11.2. The molecule has 2 nitrogen and oxygen atoms in total. The monoisotopic (exact) mass is 301 g/mol. The first-order valence-electron chi connectivity index (χ1n) is 7.00. The third-order valence-corrected chi connectivity index (χ3v) is 3.54. The van der Waals surface area contributed by atoms with Crippen molar-refractivity contribution in [3.63, 3.8) is 0 Å². The number of halogens is 1. The van der Waals surface area contributed by atoms with Crippen LogP contribution in [0.3, 0.4) is 0 Å². The summed E-state index contributed by atoms with van der Waals surface area (Å²) in [5.74, 6) is -0.0194. The number of carbonyl (C=O) groups excluding carboxylic acids is 1. The molecule has 0 aliphatic heterocycles. The van der Waals surface area contributed by atoms with E-state index in [-0.39, 0.29) is 11.3 Å². The Labute approximate surface area is 131 Å². The Balaban J connectivity index is 2.11. The van der Waals surface area contributed by atoms with Crippen molar-refractivity contribution in [1.82, 2.24) is 0 Å². The number of hydrogen-bond donors (Lipinski definition) is 1. The summed E-state index contributed by atoms with van der Waals surface area (Å²) in [6.07, 6.45) is 0.343. The van der Waals surface area contributed by atoms with Crippen LogP contribution in [0.1, 0.15) is 31.9 Å². The number of nitrogens with one attached hydrogen (secondary N) is 1. The minimum absolute atomic E-state index is 0.00978. The van der Waals surface area contributed by atoms with Crippen LogP contribution in [0.5, 0.6) is 0 Å². The second-order valence-corrected chi connectivity index (χ2v) is 6.58. The number of carbonyl (C=O) groups is 1. The lowest BCUT2D eigenvalue weighted by Gasteiger charge is -2.23. The third kappa shape index (κ3) is 4.33. The Hall–Kier alpha value is -1.80. The molecule has 0 aliphatic carbocycles. The zero-order valence-corrected chi connectivity index (χ0v) is 13.4. The fraction of sp³-hybridized carbons (Fsp3) is 0.278. The van der Waals surface area contributed by atoms with Gasteiger partial charge >= 0.3 is 0 Å². The van der Waals surface area contributed by atoms with Gasteiger partial charge in [0.15, 0.2) is 0 Å². The van der Waals surface area contributed by atoms with Gasteiger partial charge in [-0.15, -0.1) is 0 Å². The molecule has 0 heterocycles. The Bertz CT molecular complexity index is 626. The molecule has 0 bridgehead atoms.